The minimum Gasteiger partial charge on any atom is -0.542 e. The van der Waals surface area contributed by atoms with E-state index in [1.54, 1.807) is 0 Å². The van der Waals surface area contributed by atoms with Crippen molar-refractivity contribution in [3.63, 3.8) is 0 Å². The summed E-state index contributed by atoms with van der Waals surface area (Å²) in [5.74, 6) is -3.79. The fourth-order valence-electron chi connectivity index (χ4n) is 4.57. The number of carbonyl (C=O) groups is 2. The van der Waals surface area contributed by atoms with Gasteiger partial charge >= 0.3 is 12.4 Å². The lowest BCUT2D eigenvalue weighted by Crippen LogP contribution is -2.37. The molecule has 0 unspecified atom stereocenters. The molecule has 2 N–H and O–H groups in total. The van der Waals surface area contributed by atoms with Crippen molar-refractivity contribution in [2.75, 3.05) is 35.2 Å². The van der Waals surface area contributed by atoms with Crippen LogP contribution in [0.15, 0.2) is 73.1 Å². The number of aromatic nitrogens is 2. The Balaban J connectivity index is 0.000000345. The van der Waals surface area contributed by atoms with Gasteiger partial charge in [-0.3, -0.25) is 0 Å². The number of hydrogen-bond donors (Lipinski definition) is 2. The average Bonchev–Trinajstić information content (AvgIpc) is 3.01. The summed E-state index contributed by atoms with van der Waals surface area (Å²) in [4.78, 5) is 17.6. The van der Waals surface area contributed by atoms with Crippen molar-refractivity contribution in [3.05, 3.63) is 73.1 Å². The molecule has 2 aliphatic rings. The Morgan fingerprint density at radius 3 is 1.37 bits per heavy atom. The van der Waals surface area contributed by atoms with Crippen LogP contribution in [-0.4, -0.2) is 48.9 Å². The molecule has 4 heterocycles. The number of carbonyl (C=O) groups excluding carboxylic acids is 2. The van der Waals surface area contributed by atoms with Crippen molar-refractivity contribution in [1.82, 2.24) is 0 Å². The zero-order valence-electron chi connectivity index (χ0n) is 24.5. The second-order valence-corrected chi connectivity index (χ2v) is 11.2. The summed E-state index contributed by atoms with van der Waals surface area (Å²) in [7, 11) is 0. The number of thioether (sulfide) groups is 1. The van der Waals surface area contributed by atoms with E-state index in [9.17, 15) is 26.3 Å². The first-order valence-corrected chi connectivity index (χ1v) is 15.4. The number of alkyl halides is 6. The largest absolute Gasteiger partial charge is 0.542 e. The second-order valence-electron chi connectivity index (χ2n) is 9.98. The highest BCUT2D eigenvalue weighted by molar-refractivity contribution is 7.99. The molecule has 0 aliphatic carbocycles. The average molecular weight is 671 g/mol. The number of aliphatic carboxylic acids is 2. The minimum absolute atomic E-state index is 1.01. The van der Waals surface area contributed by atoms with Crippen LogP contribution in [-0.2, 0) is 22.7 Å². The van der Waals surface area contributed by atoms with E-state index in [4.69, 9.17) is 19.8 Å². The molecule has 15 heteroatoms. The van der Waals surface area contributed by atoms with Gasteiger partial charge in [0.25, 0.3) is 0 Å². The van der Waals surface area contributed by atoms with Gasteiger partial charge in [0.15, 0.2) is 25.5 Å². The Morgan fingerprint density at radius 2 is 1.00 bits per heavy atom. The van der Waals surface area contributed by atoms with Gasteiger partial charge in [-0.25, -0.2) is 0 Å². The standard InChI is InChI=1S/C27H30N4S.2C2HF3O2/c1-6-14-28-24-12-16-30(26-10-4-2-8-22(24)26)18-20-32-21-19-31-17-13-25(29-15-7-1)23-9-3-5-11-27(23)31;2*3-2(4,5)1(6)7/h2-5,8-13,16-17H,1,6-7,14-15,18-21H2;2*(H,6,7). The Morgan fingerprint density at radius 1 is 0.630 bits per heavy atom. The summed E-state index contributed by atoms with van der Waals surface area (Å²) in [6.07, 6.45) is -2.33. The summed E-state index contributed by atoms with van der Waals surface area (Å²) in [6.45, 7) is 4.08. The molecule has 0 saturated heterocycles. The number of para-hydroxylation sites is 2. The zero-order chi connectivity index (χ0) is 33.7. The second kappa shape index (κ2) is 16.9. The number of carboxylic acid groups (broad SMARTS) is 2. The van der Waals surface area contributed by atoms with Crippen molar-refractivity contribution in [2.24, 2.45) is 0 Å². The molecule has 4 bridgehead atoms. The number of hydrogen-bond acceptors (Lipinski definition) is 7. The van der Waals surface area contributed by atoms with Crippen LogP contribution in [0.5, 0.6) is 0 Å². The molecule has 46 heavy (non-hydrogen) atoms. The summed E-state index contributed by atoms with van der Waals surface area (Å²) in [5, 5.41) is 27.6. The third kappa shape index (κ3) is 11.0. The highest BCUT2D eigenvalue weighted by atomic mass is 32.2. The number of rotatable bonds is 0. The molecule has 0 saturated carbocycles. The molecule has 6 rings (SSSR count). The van der Waals surface area contributed by atoms with Crippen LogP contribution in [0, 0.1) is 0 Å². The number of aryl methyl sites for hydroxylation is 2. The molecule has 8 nitrogen and oxygen atoms in total. The first-order valence-electron chi connectivity index (χ1n) is 14.2. The van der Waals surface area contributed by atoms with Gasteiger partial charge in [-0.1, -0.05) is 24.3 Å². The maximum absolute atomic E-state index is 10.5. The summed E-state index contributed by atoms with van der Waals surface area (Å²) < 4.78 is 67.9. The number of nitrogens with zero attached hydrogens (tertiary/aromatic N) is 2. The Bertz CT molecular complexity index is 1500. The van der Waals surface area contributed by atoms with Crippen LogP contribution in [0.3, 0.4) is 0 Å². The Hall–Kier alpha value is -4.27. The Kier molecular flexibility index (Phi) is 13.3. The van der Waals surface area contributed by atoms with E-state index >= 15 is 0 Å². The molecule has 2 aromatic heterocycles. The van der Waals surface area contributed by atoms with Gasteiger partial charge in [0.05, 0.1) is 33.7 Å². The van der Waals surface area contributed by atoms with Crippen molar-refractivity contribution in [3.8, 4) is 0 Å². The molecular formula is C31H32F6N4O4S. The van der Waals surface area contributed by atoms with Gasteiger partial charge in [-0.15, -0.1) is 11.8 Å². The van der Waals surface area contributed by atoms with Crippen LogP contribution < -0.4 is 30.0 Å². The fourth-order valence-corrected chi connectivity index (χ4v) is 5.43. The third-order valence-corrected chi connectivity index (χ3v) is 7.69. The first-order chi connectivity index (χ1) is 21.8. The lowest BCUT2D eigenvalue weighted by molar-refractivity contribution is -0.667. The number of benzene rings is 2. The summed E-state index contributed by atoms with van der Waals surface area (Å²) in [6, 6.07) is 22.0. The van der Waals surface area contributed by atoms with Crippen LogP contribution in [0.2, 0.25) is 0 Å². The van der Waals surface area contributed by atoms with E-state index in [1.165, 1.54) is 52.4 Å². The summed E-state index contributed by atoms with van der Waals surface area (Å²) >= 11 is 2.03. The van der Waals surface area contributed by atoms with Gasteiger partial charge in [0.1, 0.15) is 11.9 Å². The van der Waals surface area contributed by atoms with Gasteiger partial charge in [0, 0.05) is 37.4 Å². The van der Waals surface area contributed by atoms with Gasteiger partial charge in [-0.05, 0) is 31.4 Å². The van der Waals surface area contributed by atoms with Crippen molar-refractivity contribution in [1.29, 1.82) is 0 Å². The van der Waals surface area contributed by atoms with E-state index in [-0.39, 0.29) is 0 Å². The lowest BCUT2D eigenvalue weighted by Gasteiger charge is -2.12. The molecule has 4 aromatic rings. The number of halogens is 6. The van der Waals surface area contributed by atoms with Gasteiger partial charge in [-0.2, -0.15) is 35.5 Å². The number of nitrogens with one attached hydrogen (secondary N) is 2. The van der Waals surface area contributed by atoms with E-state index in [0.717, 1.165) is 37.7 Å². The zero-order valence-corrected chi connectivity index (χ0v) is 25.3. The molecule has 2 aliphatic heterocycles. The molecule has 248 valence electrons. The molecule has 0 radical (unpaired) electrons. The van der Waals surface area contributed by atoms with Crippen molar-refractivity contribution >= 4 is 56.9 Å². The smallest absolute Gasteiger partial charge is 0.430 e. The highest BCUT2D eigenvalue weighted by Gasteiger charge is 2.29. The normalized spacial score (nSPS) is 14.6. The predicted molar refractivity (Wildman–Crippen MR) is 159 cm³/mol. The van der Waals surface area contributed by atoms with Crippen LogP contribution >= 0.6 is 11.8 Å². The quantitative estimate of drug-likeness (QED) is 0.217. The lowest BCUT2D eigenvalue weighted by atomic mass is 10.1. The summed E-state index contributed by atoms with van der Waals surface area (Å²) in [5.41, 5.74) is 5.12. The first kappa shape index (κ1) is 36.2. The number of carboxylic acids is 2. The van der Waals surface area contributed by atoms with Crippen LogP contribution in [0.4, 0.5) is 37.7 Å². The number of anilines is 2. The van der Waals surface area contributed by atoms with E-state index < -0.39 is 24.3 Å². The molecule has 0 spiro atoms. The van der Waals surface area contributed by atoms with Gasteiger partial charge < -0.3 is 30.4 Å². The van der Waals surface area contributed by atoms with Gasteiger partial charge in [0.2, 0.25) is 11.0 Å². The number of pyridine rings is 2. The predicted octanol–water partition coefficient (Wildman–Crippen LogP) is 3.61. The molecule has 0 amide bonds. The van der Waals surface area contributed by atoms with Crippen LogP contribution in [0.25, 0.3) is 21.8 Å². The third-order valence-electron chi connectivity index (χ3n) is 6.75. The Labute approximate surface area is 265 Å². The van der Waals surface area contributed by atoms with Crippen molar-refractivity contribution in [2.45, 2.75) is 44.7 Å². The topological polar surface area (TPSA) is 112 Å². The van der Waals surface area contributed by atoms with E-state index in [0.29, 0.717) is 0 Å². The maximum Gasteiger partial charge on any atom is 0.430 e. The highest BCUT2D eigenvalue weighted by Crippen LogP contribution is 2.22. The monoisotopic (exact) mass is 670 g/mol. The van der Waals surface area contributed by atoms with Crippen LogP contribution in [0.1, 0.15) is 19.3 Å². The minimum atomic E-state index is -5.19. The molecule has 2 aromatic carbocycles. The SMILES string of the molecule is O=C([O-])C(F)(F)F.O=C([O-])C(F)(F)F.c1ccc2c(c1)c1cc[n+]2CCSCC[n+]2ccc(c3ccccc32)NCCCCCN1. The van der Waals surface area contributed by atoms with E-state index in [2.05, 4.69) is 92.8 Å². The molecular weight excluding hydrogens is 638 g/mol. The van der Waals surface area contributed by atoms with Crippen molar-refractivity contribution < 1.29 is 55.3 Å². The van der Waals surface area contributed by atoms with E-state index in [1.807, 2.05) is 11.8 Å². The fraction of sp³-hybridized carbons (Fsp3) is 0.355. The molecule has 0 fully saturated rings. The maximum atomic E-state index is 10.5. The molecule has 0 atom stereocenters. The number of fused-ring (bicyclic) bond motifs is 12.